The highest BCUT2D eigenvalue weighted by molar-refractivity contribution is 7.15. The highest BCUT2D eigenvalue weighted by Gasteiger charge is 2.24. The van der Waals surface area contributed by atoms with Crippen LogP contribution in [0.25, 0.3) is 10.6 Å². The van der Waals surface area contributed by atoms with Crippen molar-refractivity contribution in [3.63, 3.8) is 0 Å². The predicted molar refractivity (Wildman–Crippen MR) is 111 cm³/mol. The van der Waals surface area contributed by atoms with Gasteiger partial charge < -0.3 is 5.32 Å². The third-order valence-corrected chi connectivity index (χ3v) is 5.43. The number of pyridine rings is 2. The Bertz CT molecular complexity index is 986. The molecule has 1 N–H and O–H groups in total. The average molecular weight is 398 g/mol. The van der Waals surface area contributed by atoms with Crippen LogP contribution >= 0.6 is 11.3 Å². The molecule has 28 heavy (non-hydrogen) atoms. The second-order valence-corrected chi connectivity index (χ2v) is 7.65. The van der Waals surface area contributed by atoms with Crippen molar-refractivity contribution in [1.82, 2.24) is 20.0 Å². The molecule has 0 spiro atoms. The van der Waals surface area contributed by atoms with Crippen LogP contribution in [0.1, 0.15) is 40.8 Å². The van der Waals surface area contributed by atoms with Crippen LogP contribution in [0, 0.1) is 6.92 Å². The first kappa shape index (κ1) is 19.9. The number of hydrogen-bond acceptors (Lipinski definition) is 7. The molecule has 0 radical (unpaired) electrons. The van der Waals surface area contributed by atoms with Gasteiger partial charge in [-0.05, 0) is 36.8 Å². The van der Waals surface area contributed by atoms with Crippen molar-refractivity contribution >= 4 is 28.9 Å². The number of hydrogen-bond donors (Lipinski definition) is 1. The third kappa shape index (κ3) is 4.35. The van der Waals surface area contributed by atoms with Gasteiger partial charge in [0.05, 0.1) is 22.7 Å². The van der Waals surface area contributed by atoms with Gasteiger partial charge in [0.15, 0.2) is 5.69 Å². The van der Waals surface area contributed by atoms with E-state index in [4.69, 9.17) is 4.84 Å². The number of rotatable bonds is 6. The van der Waals surface area contributed by atoms with Gasteiger partial charge in [0.1, 0.15) is 11.6 Å². The number of nitrogens with zero attached hydrogens (tertiary/aromatic N) is 4. The number of amides is 1. The summed E-state index contributed by atoms with van der Waals surface area (Å²) in [5.74, 6) is 1.26. The summed E-state index contributed by atoms with van der Waals surface area (Å²) in [6.45, 7) is 6.10. The highest BCUT2D eigenvalue weighted by atomic mass is 32.1. The van der Waals surface area contributed by atoms with Gasteiger partial charge in [0.2, 0.25) is 0 Å². The van der Waals surface area contributed by atoms with E-state index in [1.54, 1.807) is 13.2 Å². The molecule has 0 saturated heterocycles. The molecule has 3 heterocycles. The number of aryl methyl sites for hydroxylation is 1. The van der Waals surface area contributed by atoms with Gasteiger partial charge in [0, 0.05) is 19.2 Å². The van der Waals surface area contributed by atoms with Crippen LogP contribution in [-0.2, 0) is 4.84 Å². The summed E-state index contributed by atoms with van der Waals surface area (Å²) in [7, 11) is 3.01. The first-order valence-electron chi connectivity index (χ1n) is 8.89. The fraction of sp³-hybridized carbons (Fsp3) is 0.300. The second-order valence-electron chi connectivity index (χ2n) is 6.62. The van der Waals surface area contributed by atoms with Crippen LogP contribution in [0.4, 0.5) is 11.6 Å². The van der Waals surface area contributed by atoms with Crippen molar-refractivity contribution in [2.75, 3.05) is 19.5 Å². The van der Waals surface area contributed by atoms with Crippen molar-refractivity contribution in [3.05, 3.63) is 52.8 Å². The zero-order valence-corrected chi connectivity index (χ0v) is 17.4. The van der Waals surface area contributed by atoms with Crippen LogP contribution in [0.15, 0.2) is 36.5 Å². The Hall–Kier alpha value is -2.84. The summed E-state index contributed by atoms with van der Waals surface area (Å²) in [6, 6.07) is 9.50. The molecule has 0 atom stereocenters. The summed E-state index contributed by atoms with van der Waals surface area (Å²) < 4.78 is 0. The minimum absolute atomic E-state index is 0.205. The molecule has 0 aromatic carbocycles. The number of hydroxylamine groups is 2. The number of carbonyl (C=O) groups is 1. The Morgan fingerprint density at radius 3 is 2.68 bits per heavy atom. The van der Waals surface area contributed by atoms with E-state index in [9.17, 15) is 4.79 Å². The normalized spacial score (nSPS) is 10.9. The Kier molecular flexibility index (Phi) is 6.01. The van der Waals surface area contributed by atoms with E-state index in [1.165, 1.54) is 23.5 Å². The summed E-state index contributed by atoms with van der Waals surface area (Å²) in [5.41, 5.74) is 2.12. The van der Waals surface area contributed by atoms with Crippen LogP contribution in [0.3, 0.4) is 0 Å². The lowest BCUT2D eigenvalue weighted by Gasteiger charge is -2.13. The molecular weight excluding hydrogens is 374 g/mol. The van der Waals surface area contributed by atoms with Crippen molar-refractivity contribution in [2.24, 2.45) is 0 Å². The molecule has 0 aliphatic carbocycles. The van der Waals surface area contributed by atoms with Gasteiger partial charge in [-0.25, -0.2) is 20.0 Å². The van der Waals surface area contributed by atoms with Crippen LogP contribution in [-0.4, -0.2) is 40.1 Å². The largest absolute Gasteiger partial charge is 0.325 e. The number of nitrogens with one attached hydrogen (secondary N) is 1. The Balaban J connectivity index is 2.00. The Morgan fingerprint density at radius 2 is 2.00 bits per heavy atom. The molecule has 3 aromatic heterocycles. The molecule has 0 aliphatic heterocycles. The van der Waals surface area contributed by atoms with Crippen molar-refractivity contribution in [3.8, 4) is 10.6 Å². The molecular formula is C20H23N5O2S. The fourth-order valence-electron chi connectivity index (χ4n) is 2.50. The van der Waals surface area contributed by atoms with Crippen LogP contribution in [0.2, 0.25) is 0 Å². The summed E-state index contributed by atoms with van der Waals surface area (Å²) in [4.78, 5) is 32.0. The molecule has 7 nitrogen and oxygen atoms in total. The summed E-state index contributed by atoms with van der Waals surface area (Å²) in [6.07, 6.45) is 1.75. The zero-order valence-electron chi connectivity index (χ0n) is 16.6. The maximum atomic E-state index is 12.7. The Morgan fingerprint density at radius 1 is 1.21 bits per heavy atom. The number of anilines is 2. The molecule has 0 aliphatic rings. The van der Waals surface area contributed by atoms with Gasteiger partial charge >= 0.3 is 0 Å². The van der Waals surface area contributed by atoms with E-state index in [-0.39, 0.29) is 11.8 Å². The number of aromatic nitrogens is 3. The Labute approximate surface area is 168 Å². The highest BCUT2D eigenvalue weighted by Crippen LogP contribution is 2.34. The average Bonchev–Trinajstić information content (AvgIpc) is 3.13. The first-order valence-corrected chi connectivity index (χ1v) is 9.70. The van der Waals surface area contributed by atoms with Crippen molar-refractivity contribution < 1.29 is 9.63 Å². The summed E-state index contributed by atoms with van der Waals surface area (Å²) in [5, 5.41) is 5.26. The lowest BCUT2D eigenvalue weighted by Crippen LogP contribution is -2.26. The molecule has 8 heteroatoms. The smallest absolute Gasteiger partial charge is 0.297 e. The maximum absolute atomic E-state index is 12.7. The fourth-order valence-corrected chi connectivity index (χ4v) is 3.53. The molecule has 0 fully saturated rings. The molecule has 146 valence electrons. The number of thiazole rings is 1. The van der Waals surface area contributed by atoms with E-state index in [2.05, 4.69) is 20.3 Å². The van der Waals surface area contributed by atoms with Crippen LogP contribution < -0.4 is 5.32 Å². The quantitative estimate of drug-likeness (QED) is 0.621. The van der Waals surface area contributed by atoms with Gasteiger partial charge in [-0.1, -0.05) is 19.9 Å². The summed E-state index contributed by atoms with van der Waals surface area (Å²) >= 11 is 1.47. The standard InChI is InChI=1S/C20H23N5O2S/c1-12(2)19-24-17(20(26)25(4)27-5)18(28-19)14-7-6-8-15(22-14)23-16-11-13(3)9-10-21-16/h6-12H,1-5H3,(H,21,22,23). The third-order valence-electron chi connectivity index (χ3n) is 4.05. The molecule has 0 saturated carbocycles. The van der Waals surface area contributed by atoms with Crippen molar-refractivity contribution in [2.45, 2.75) is 26.7 Å². The monoisotopic (exact) mass is 397 g/mol. The van der Waals surface area contributed by atoms with E-state index >= 15 is 0 Å². The second kappa shape index (κ2) is 8.45. The molecule has 0 unspecified atom stereocenters. The molecule has 3 aromatic rings. The number of carbonyl (C=O) groups excluding carboxylic acids is 1. The van der Waals surface area contributed by atoms with Crippen LogP contribution in [0.5, 0.6) is 0 Å². The van der Waals surface area contributed by atoms with Gasteiger partial charge in [0.25, 0.3) is 5.91 Å². The molecule has 3 rings (SSSR count). The minimum Gasteiger partial charge on any atom is -0.325 e. The molecule has 1 amide bonds. The maximum Gasteiger partial charge on any atom is 0.297 e. The zero-order chi connectivity index (χ0) is 20.3. The van der Waals surface area contributed by atoms with Gasteiger partial charge in [-0.2, -0.15) is 0 Å². The first-order chi connectivity index (χ1) is 13.4. The predicted octanol–water partition coefficient (Wildman–Crippen LogP) is 4.41. The van der Waals surface area contributed by atoms with Crippen molar-refractivity contribution in [1.29, 1.82) is 0 Å². The molecule has 0 bridgehead atoms. The minimum atomic E-state index is -0.304. The van der Waals surface area contributed by atoms with E-state index < -0.39 is 0 Å². The lowest BCUT2D eigenvalue weighted by atomic mass is 10.2. The van der Waals surface area contributed by atoms with Gasteiger partial charge in [-0.15, -0.1) is 11.3 Å². The van der Waals surface area contributed by atoms with E-state index in [0.29, 0.717) is 23.0 Å². The van der Waals surface area contributed by atoms with E-state index in [1.807, 2.05) is 51.1 Å². The van der Waals surface area contributed by atoms with E-state index in [0.717, 1.165) is 15.4 Å². The lowest BCUT2D eigenvalue weighted by molar-refractivity contribution is -0.0759. The topological polar surface area (TPSA) is 80.2 Å². The SMILES string of the molecule is CON(C)C(=O)c1nc(C(C)C)sc1-c1cccc(Nc2cc(C)ccn2)n1. The van der Waals surface area contributed by atoms with Gasteiger partial charge in [-0.3, -0.25) is 9.63 Å².